The van der Waals surface area contributed by atoms with Gasteiger partial charge in [0, 0.05) is 24.4 Å². The first-order valence-corrected chi connectivity index (χ1v) is 7.13. The van der Waals surface area contributed by atoms with Crippen LogP contribution in [0.5, 0.6) is 0 Å². The van der Waals surface area contributed by atoms with E-state index in [2.05, 4.69) is 14.8 Å². The summed E-state index contributed by atoms with van der Waals surface area (Å²) in [5, 5.41) is 4.04. The van der Waals surface area contributed by atoms with Crippen molar-refractivity contribution in [1.82, 2.24) is 14.8 Å². The number of anilines is 1. The van der Waals surface area contributed by atoms with E-state index in [9.17, 15) is 13.2 Å². The lowest BCUT2D eigenvalue weighted by Gasteiger charge is -2.12. The van der Waals surface area contributed by atoms with Gasteiger partial charge < -0.3 is 4.98 Å². The maximum Gasteiger partial charge on any atom is 0.264 e. The molecule has 2 rings (SSSR count). The topological polar surface area (TPSA) is 96.8 Å². The second kappa shape index (κ2) is 4.88. The minimum Gasteiger partial charge on any atom is -0.328 e. The summed E-state index contributed by atoms with van der Waals surface area (Å²) >= 11 is 0. The highest BCUT2D eigenvalue weighted by Gasteiger charge is 2.17. The van der Waals surface area contributed by atoms with Gasteiger partial charge in [-0.15, -0.1) is 0 Å². The highest BCUT2D eigenvalue weighted by Crippen LogP contribution is 2.17. The first-order valence-electron chi connectivity index (χ1n) is 5.65. The molecule has 2 aromatic rings. The molecule has 2 heterocycles. The van der Waals surface area contributed by atoms with E-state index >= 15 is 0 Å². The molecule has 0 bridgehead atoms. The van der Waals surface area contributed by atoms with Crippen LogP contribution in [0.25, 0.3) is 0 Å². The second-order valence-corrected chi connectivity index (χ2v) is 5.93. The van der Waals surface area contributed by atoms with Gasteiger partial charge in [-0.3, -0.25) is 9.52 Å². The summed E-state index contributed by atoms with van der Waals surface area (Å²) in [6.45, 7) is 3.79. The molecule has 19 heavy (non-hydrogen) atoms. The smallest absolute Gasteiger partial charge is 0.264 e. The molecule has 8 heteroatoms. The van der Waals surface area contributed by atoms with Crippen LogP contribution in [0.1, 0.15) is 19.9 Å². The number of hydrogen-bond acceptors (Lipinski definition) is 4. The lowest BCUT2D eigenvalue weighted by molar-refractivity contribution is 0.539. The van der Waals surface area contributed by atoms with Crippen LogP contribution in [0.15, 0.2) is 40.3 Å². The Hall–Kier alpha value is -2.09. The average Bonchev–Trinajstić information content (AvgIpc) is 2.77. The maximum absolute atomic E-state index is 12.1. The normalized spacial score (nSPS) is 11.7. The van der Waals surface area contributed by atoms with Gasteiger partial charge in [0.2, 0.25) is 5.56 Å². The fourth-order valence-electron chi connectivity index (χ4n) is 1.57. The fraction of sp³-hybridized carbons (Fsp3) is 0.273. The molecule has 7 nitrogen and oxygen atoms in total. The summed E-state index contributed by atoms with van der Waals surface area (Å²) in [6.07, 6.45) is 2.67. The lowest BCUT2D eigenvalue weighted by Crippen LogP contribution is -2.18. The number of nitrogens with one attached hydrogen (secondary N) is 2. The van der Waals surface area contributed by atoms with E-state index in [1.54, 1.807) is 10.7 Å². The van der Waals surface area contributed by atoms with Crippen LogP contribution in [-0.2, 0) is 10.0 Å². The van der Waals surface area contributed by atoms with Gasteiger partial charge in [-0.1, -0.05) is 0 Å². The third kappa shape index (κ3) is 2.84. The minimum absolute atomic E-state index is 0.0105. The summed E-state index contributed by atoms with van der Waals surface area (Å²) < 4.78 is 28.2. The van der Waals surface area contributed by atoms with Crippen molar-refractivity contribution in [3.63, 3.8) is 0 Å². The summed E-state index contributed by atoms with van der Waals surface area (Å²) in [4.78, 5) is 13.2. The predicted octanol–water partition coefficient (Wildman–Crippen LogP) is 0.953. The standard InChI is InChI=1S/C11H14N4O3S/c1-8(2)15-10(5-6-13-15)14-19(17,18)9-3-4-11(16)12-7-9/h3-8,14H,1-2H3,(H,12,16). The third-order valence-corrected chi connectivity index (χ3v) is 3.82. The first-order chi connectivity index (χ1) is 8.90. The van der Waals surface area contributed by atoms with Gasteiger partial charge in [0.1, 0.15) is 10.7 Å². The van der Waals surface area contributed by atoms with Crippen LogP contribution < -0.4 is 10.3 Å². The third-order valence-electron chi connectivity index (χ3n) is 2.46. The molecule has 0 spiro atoms. The molecule has 0 amide bonds. The zero-order chi connectivity index (χ0) is 14.0. The first kappa shape index (κ1) is 13.3. The summed E-state index contributed by atoms with van der Waals surface area (Å²) in [7, 11) is -3.74. The fourth-order valence-corrected chi connectivity index (χ4v) is 2.58. The number of H-pyrrole nitrogens is 1. The van der Waals surface area contributed by atoms with Crippen LogP contribution in [0.2, 0.25) is 0 Å². The van der Waals surface area contributed by atoms with E-state index in [0.717, 1.165) is 12.3 Å². The molecule has 0 saturated carbocycles. The molecule has 0 unspecified atom stereocenters. The minimum atomic E-state index is -3.74. The largest absolute Gasteiger partial charge is 0.328 e. The van der Waals surface area contributed by atoms with Crippen molar-refractivity contribution in [2.45, 2.75) is 24.8 Å². The Morgan fingerprint density at radius 2 is 2.05 bits per heavy atom. The number of aromatic amines is 1. The van der Waals surface area contributed by atoms with Gasteiger partial charge in [-0.05, 0) is 19.9 Å². The number of hydrogen-bond donors (Lipinski definition) is 2. The Labute approximate surface area is 110 Å². The van der Waals surface area contributed by atoms with Gasteiger partial charge in [-0.2, -0.15) is 5.10 Å². The molecule has 0 aromatic carbocycles. The Bertz CT molecular complexity index is 710. The predicted molar refractivity (Wildman–Crippen MR) is 70.5 cm³/mol. The molecule has 0 aliphatic carbocycles. The number of sulfonamides is 1. The van der Waals surface area contributed by atoms with Gasteiger partial charge >= 0.3 is 0 Å². The van der Waals surface area contributed by atoms with Crippen LogP contribution in [0.3, 0.4) is 0 Å². The Morgan fingerprint density at radius 1 is 1.32 bits per heavy atom. The van der Waals surface area contributed by atoms with Crippen LogP contribution in [0, 0.1) is 0 Å². The van der Waals surface area contributed by atoms with Crippen molar-refractivity contribution < 1.29 is 8.42 Å². The van der Waals surface area contributed by atoms with Crippen molar-refractivity contribution in [2.24, 2.45) is 0 Å². The van der Waals surface area contributed by atoms with Gasteiger partial charge in [0.15, 0.2) is 0 Å². The van der Waals surface area contributed by atoms with Crippen molar-refractivity contribution in [2.75, 3.05) is 4.72 Å². The van der Waals surface area contributed by atoms with E-state index in [1.807, 2.05) is 13.8 Å². The number of pyridine rings is 1. The molecular weight excluding hydrogens is 268 g/mol. The van der Waals surface area contributed by atoms with Crippen molar-refractivity contribution in [1.29, 1.82) is 0 Å². The summed E-state index contributed by atoms with van der Waals surface area (Å²) in [5.74, 6) is 0.376. The Balaban J connectivity index is 2.34. The highest BCUT2D eigenvalue weighted by molar-refractivity contribution is 7.92. The van der Waals surface area contributed by atoms with E-state index < -0.39 is 10.0 Å². The molecule has 2 N–H and O–H groups in total. The van der Waals surface area contributed by atoms with Gasteiger partial charge in [0.25, 0.3) is 10.0 Å². The van der Waals surface area contributed by atoms with E-state index in [0.29, 0.717) is 5.82 Å². The van der Waals surface area contributed by atoms with E-state index in [1.165, 1.54) is 12.3 Å². The molecule has 0 atom stereocenters. The van der Waals surface area contributed by atoms with E-state index in [4.69, 9.17) is 0 Å². The number of nitrogens with zero attached hydrogens (tertiary/aromatic N) is 2. The lowest BCUT2D eigenvalue weighted by atomic mass is 10.4. The molecule has 0 saturated heterocycles. The quantitative estimate of drug-likeness (QED) is 0.872. The maximum atomic E-state index is 12.1. The second-order valence-electron chi connectivity index (χ2n) is 4.25. The van der Waals surface area contributed by atoms with Crippen LogP contribution in [-0.4, -0.2) is 23.2 Å². The highest BCUT2D eigenvalue weighted by atomic mass is 32.2. The monoisotopic (exact) mass is 282 g/mol. The van der Waals surface area contributed by atoms with Crippen molar-refractivity contribution >= 4 is 15.8 Å². The molecule has 0 aliphatic rings. The number of aromatic nitrogens is 3. The number of rotatable bonds is 4. The van der Waals surface area contributed by atoms with Gasteiger partial charge in [-0.25, -0.2) is 13.1 Å². The zero-order valence-electron chi connectivity index (χ0n) is 10.5. The van der Waals surface area contributed by atoms with Crippen LogP contribution in [0.4, 0.5) is 5.82 Å². The van der Waals surface area contributed by atoms with E-state index in [-0.39, 0.29) is 16.5 Å². The molecule has 2 aromatic heterocycles. The molecular formula is C11H14N4O3S. The zero-order valence-corrected chi connectivity index (χ0v) is 11.3. The van der Waals surface area contributed by atoms with Crippen molar-refractivity contribution in [3.8, 4) is 0 Å². The molecule has 0 aliphatic heterocycles. The van der Waals surface area contributed by atoms with Crippen LogP contribution >= 0.6 is 0 Å². The Morgan fingerprint density at radius 3 is 2.63 bits per heavy atom. The molecule has 0 fully saturated rings. The average molecular weight is 282 g/mol. The Kier molecular flexibility index (Phi) is 3.43. The van der Waals surface area contributed by atoms with Gasteiger partial charge in [0.05, 0.1) is 6.20 Å². The summed E-state index contributed by atoms with van der Waals surface area (Å²) in [6, 6.07) is 4.01. The summed E-state index contributed by atoms with van der Waals surface area (Å²) in [5.41, 5.74) is -0.355. The molecule has 0 radical (unpaired) electrons. The van der Waals surface area contributed by atoms with Crippen molar-refractivity contribution in [3.05, 3.63) is 40.9 Å². The molecule has 102 valence electrons. The SMILES string of the molecule is CC(C)n1nccc1NS(=O)(=O)c1ccc(=O)[nH]c1.